The minimum atomic E-state index is -0.195. The van der Waals surface area contributed by atoms with Crippen LogP contribution in [0.4, 0.5) is 5.69 Å². The monoisotopic (exact) mass is 517 g/mol. The number of esters is 2. The van der Waals surface area contributed by atoms with Gasteiger partial charge in [0.05, 0.1) is 26.1 Å². The minimum absolute atomic E-state index is 0.0914. The summed E-state index contributed by atoms with van der Waals surface area (Å²) in [6, 6.07) is 12.5. The normalized spacial score (nSPS) is 15.7. The number of carbonyl (C=O) groups excluding carboxylic acids is 2. The fraction of sp³-hybridized carbons (Fsp3) is 0.455. The second kappa shape index (κ2) is 12.0. The van der Waals surface area contributed by atoms with Crippen molar-refractivity contribution in [2.45, 2.75) is 78.6 Å². The van der Waals surface area contributed by atoms with E-state index in [1.54, 1.807) is 0 Å². The van der Waals surface area contributed by atoms with Gasteiger partial charge in [-0.3, -0.25) is 9.59 Å². The van der Waals surface area contributed by atoms with Crippen molar-refractivity contribution >= 4 is 17.6 Å². The van der Waals surface area contributed by atoms with E-state index in [1.807, 2.05) is 26.0 Å². The van der Waals surface area contributed by atoms with Crippen LogP contribution in [0, 0.1) is 6.92 Å². The van der Waals surface area contributed by atoms with Gasteiger partial charge in [0.1, 0.15) is 0 Å². The third kappa shape index (κ3) is 6.56. The van der Waals surface area contributed by atoms with E-state index in [1.165, 1.54) is 22.4 Å². The van der Waals surface area contributed by atoms with Gasteiger partial charge in [-0.2, -0.15) is 0 Å². The van der Waals surface area contributed by atoms with Gasteiger partial charge < -0.3 is 14.4 Å². The topological polar surface area (TPSA) is 55.8 Å². The first-order valence-electron chi connectivity index (χ1n) is 13.6. The van der Waals surface area contributed by atoms with Crippen LogP contribution in [-0.2, 0) is 42.7 Å². The van der Waals surface area contributed by atoms with Crippen LogP contribution in [0.5, 0.6) is 0 Å². The zero-order chi connectivity index (χ0) is 28.1. The molecule has 5 heteroatoms. The molecule has 5 nitrogen and oxygen atoms in total. The van der Waals surface area contributed by atoms with E-state index < -0.39 is 0 Å². The smallest absolute Gasteiger partial charge is 0.310 e. The van der Waals surface area contributed by atoms with Crippen molar-refractivity contribution in [1.82, 2.24) is 0 Å². The zero-order valence-corrected chi connectivity index (χ0v) is 24.3. The Bertz CT molecular complexity index is 1240. The summed E-state index contributed by atoms with van der Waals surface area (Å²) in [4.78, 5) is 26.2. The highest BCUT2D eigenvalue weighted by Crippen LogP contribution is 2.47. The number of allylic oxidation sites excluding steroid dienone is 4. The molecule has 2 aromatic rings. The number of fused-ring (bicyclic) bond motifs is 1. The molecule has 1 aliphatic rings. The SMILES string of the molecule is CCOC(=O)Cc1ccc(C)c(C(C)(C)C/C=C/C=C2/N(C)c3ccc(CC(=O)OCC)cc3C2(C)C)c1. The fourth-order valence-electron chi connectivity index (χ4n) is 5.39. The van der Waals surface area contributed by atoms with Crippen molar-refractivity contribution in [3.05, 3.63) is 88.1 Å². The Morgan fingerprint density at radius 3 is 2.13 bits per heavy atom. The van der Waals surface area contributed by atoms with Crippen molar-refractivity contribution in [2.75, 3.05) is 25.2 Å². The average molecular weight is 518 g/mol. The summed E-state index contributed by atoms with van der Waals surface area (Å²) in [6.45, 7) is 15.5. The van der Waals surface area contributed by atoms with Gasteiger partial charge in [0, 0.05) is 23.8 Å². The molecular formula is C33H43NO4. The zero-order valence-electron chi connectivity index (χ0n) is 24.3. The highest BCUT2D eigenvalue weighted by atomic mass is 16.5. The number of aryl methyl sites for hydroxylation is 1. The predicted molar refractivity (Wildman–Crippen MR) is 155 cm³/mol. The first kappa shape index (κ1) is 29.2. The number of rotatable bonds is 10. The van der Waals surface area contributed by atoms with Crippen molar-refractivity contribution in [1.29, 1.82) is 0 Å². The first-order valence-corrected chi connectivity index (χ1v) is 13.6. The van der Waals surface area contributed by atoms with Crippen LogP contribution < -0.4 is 4.90 Å². The molecule has 3 rings (SSSR count). The highest BCUT2D eigenvalue weighted by molar-refractivity contribution is 5.75. The second-order valence-corrected chi connectivity index (χ2v) is 11.2. The quantitative estimate of drug-likeness (QED) is 0.327. The molecule has 0 aliphatic carbocycles. The number of hydrogen-bond acceptors (Lipinski definition) is 5. The molecule has 1 heterocycles. The van der Waals surface area contributed by atoms with Crippen LogP contribution >= 0.6 is 0 Å². The number of anilines is 1. The minimum Gasteiger partial charge on any atom is -0.466 e. The lowest BCUT2D eigenvalue weighted by Crippen LogP contribution is -2.22. The Morgan fingerprint density at radius 2 is 1.53 bits per heavy atom. The fourth-order valence-corrected chi connectivity index (χ4v) is 5.39. The maximum Gasteiger partial charge on any atom is 0.310 e. The van der Waals surface area contributed by atoms with Gasteiger partial charge in [-0.15, -0.1) is 0 Å². The number of carbonyl (C=O) groups is 2. The number of nitrogens with zero attached hydrogens (tertiary/aromatic N) is 1. The van der Waals surface area contributed by atoms with Gasteiger partial charge in [-0.25, -0.2) is 0 Å². The number of hydrogen-bond donors (Lipinski definition) is 0. The van der Waals surface area contributed by atoms with Crippen LogP contribution in [0.2, 0.25) is 0 Å². The van der Waals surface area contributed by atoms with Crippen LogP contribution in [-0.4, -0.2) is 32.2 Å². The molecule has 0 atom stereocenters. The molecule has 0 N–H and O–H groups in total. The Hall–Kier alpha value is -3.34. The molecule has 0 spiro atoms. The van der Waals surface area contributed by atoms with Gasteiger partial charge in [-0.05, 0) is 72.6 Å². The van der Waals surface area contributed by atoms with Crippen molar-refractivity contribution in [2.24, 2.45) is 0 Å². The van der Waals surface area contributed by atoms with Gasteiger partial charge in [0.15, 0.2) is 0 Å². The van der Waals surface area contributed by atoms with Gasteiger partial charge in [-0.1, -0.05) is 70.2 Å². The summed E-state index contributed by atoms with van der Waals surface area (Å²) in [6.07, 6.45) is 8.02. The van der Waals surface area contributed by atoms with Gasteiger partial charge in [0.2, 0.25) is 0 Å². The molecule has 204 valence electrons. The lowest BCUT2D eigenvalue weighted by atomic mass is 9.78. The summed E-state index contributed by atoms with van der Waals surface area (Å²) in [5.41, 5.74) is 7.74. The third-order valence-electron chi connectivity index (χ3n) is 7.45. The third-order valence-corrected chi connectivity index (χ3v) is 7.45. The Kier molecular flexibility index (Phi) is 9.24. The van der Waals surface area contributed by atoms with Crippen LogP contribution in [0.25, 0.3) is 0 Å². The van der Waals surface area contributed by atoms with Crippen LogP contribution in [0.15, 0.2) is 60.3 Å². The number of likely N-dealkylation sites (N-methyl/N-ethyl adjacent to an activating group) is 1. The van der Waals surface area contributed by atoms with Gasteiger partial charge >= 0.3 is 11.9 Å². The molecule has 38 heavy (non-hydrogen) atoms. The lowest BCUT2D eigenvalue weighted by molar-refractivity contribution is -0.143. The van der Waals surface area contributed by atoms with Crippen molar-refractivity contribution in [3.8, 4) is 0 Å². The molecule has 0 saturated heterocycles. The molecule has 0 bridgehead atoms. The summed E-state index contributed by atoms with van der Waals surface area (Å²) in [5.74, 6) is -0.386. The average Bonchev–Trinajstić information content (AvgIpc) is 3.03. The molecule has 0 radical (unpaired) electrons. The Morgan fingerprint density at radius 1 is 0.947 bits per heavy atom. The molecule has 0 amide bonds. The van der Waals surface area contributed by atoms with Crippen LogP contribution in [0.3, 0.4) is 0 Å². The summed E-state index contributed by atoms with van der Waals surface area (Å²) in [7, 11) is 2.10. The summed E-state index contributed by atoms with van der Waals surface area (Å²) in [5, 5.41) is 0. The Balaban J connectivity index is 1.76. The molecule has 1 aliphatic heterocycles. The van der Waals surface area contributed by atoms with E-state index >= 15 is 0 Å². The maximum atomic E-state index is 12.0. The molecule has 2 aromatic carbocycles. The Labute approximate surface area is 228 Å². The highest BCUT2D eigenvalue weighted by Gasteiger charge is 2.38. The molecule has 0 saturated carbocycles. The predicted octanol–water partition coefficient (Wildman–Crippen LogP) is 6.74. The number of ether oxygens (including phenoxy) is 2. The van der Waals surface area contributed by atoms with E-state index in [-0.39, 0.29) is 29.2 Å². The van der Waals surface area contributed by atoms with Crippen LogP contribution in [0.1, 0.15) is 75.8 Å². The molecule has 0 unspecified atom stereocenters. The largest absolute Gasteiger partial charge is 0.466 e. The lowest BCUT2D eigenvalue weighted by Gasteiger charge is -2.27. The van der Waals surface area contributed by atoms with Crippen molar-refractivity contribution < 1.29 is 19.1 Å². The summed E-state index contributed by atoms with van der Waals surface area (Å²) >= 11 is 0. The number of benzene rings is 2. The first-order chi connectivity index (χ1) is 17.9. The van der Waals surface area contributed by atoms with E-state index in [0.29, 0.717) is 19.6 Å². The summed E-state index contributed by atoms with van der Waals surface area (Å²) < 4.78 is 10.3. The second-order valence-electron chi connectivity index (χ2n) is 11.2. The standard InChI is InChI=1S/C33H43NO4/c1-9-37-30(35)21-24-15-14-23(3)26(19-24)32(4,5)18-12-11-13-29-33(6,7)27-20-25(22-31(36)38-10-2)16-17-28(27)34(29)8/h11-17,19-20H,9-10,18,21-22H2,1-8H3/b12-11+,29-13+. The van der Waals surface area contributed by atoms with Gasteiger partial charge in [0.25, 0.3) is 0 Å². The van der Waals surface area contributed by atoms with Crippen molar-refractivity contribution in [3.63, 3.8) is 0 Å². The maximum absolute atomic E-state index is 12.0. The van der Waals surface area contributed by atoms with E-state index in [9.17, 15) is 9.59 Å². The molecular weight excluding hydrogens is 474 g/mol. The molecule has 0 aromatic heterocycles. The molecule has 0 fully saturated rings. The van der Waals surface area contributed by atoms with E-state index in [2.05, 4.69) is 89.1 Å². The van der Waals surface area contributed by atoms with E-state index in [4.69, 9.17) is 9.47 Å². The van der Waals surface area contributed by atoms with E-state index in [0.717, 1.165) is 23.2 Å².